The fourth-order valence-electron chi connectivity index (χ4n) is 1.45. The highest BCUT2D eigenvalue weighted by Crippen LogP contribution is 2.22. The summed E-state index contributed by atoms with van der Waals surface area (Å²) in [4.78, 5) is 0. The van der Waals surface area contributed by atoms with Gasteiger partial charge in [-0.05, 0) is 19.3 Å². The van der Waals surface area contributed by atoms with E-state index < -0.39 is 12.7 Å². The van der Waals surface area contributed by atoms with Gasteiger partial charge in [-0.1, -0.05) is 19.3 Å². The van der Waals surface area contributed by atoms with Gasteiger partial charge in [-0.25, -0.2) is 0 Å². The third-order valence-electron chi connectivity index (χ3n) is 2.54. The van der Waals surface area contributed by atoms with Gasteiger partial charge in [-0.2, -0.15) is 15.8 Å². The Morgan fingerprint density at radius 3 is 1.89 bits per heavy atom. The van der Waals surface area contributed by atoms with Gasteiger partial charge in [0.1, 0.15) is 18.2 Å². The Balaban J connectivity index is 3.56. The number of nitrogens with zero attached hydrogens (tertiary/aromatic N) is 3. The quantitative estimate of drug-likeness (QED) is 0.461. The van der Waals surface area contributed by atoms with Crippen LogP contribution in [-0.4, -0.2) is 24.0 Å². The lowest BCUT2D eigenvalue weighted by Gasteiger charge is -2.08. The number of unbranched alkanes of at least 4 members (excludes halogenated alkanes) is 4. The molecule has 6 nitrogen and oxygen atoms in total. The average Bonchev–Trinajstić information content (AvgIpc) is 2.38. The van der Waals surface area contributed by atoms with E-state index in [4.69, 9.17) is 25.8 Å². The van der Waals surface area contributed by atoms with Crippen LogP contribution < -0.4 is 0 Å². The Kier molecular flexibility index (Phi) is 8.61. The molecule has 0 aromatic carbocycles. The molecule has 0 aliphatic carbocycles. The van der Waals surface area contributed by atoms with Crippen LogP contribution in [0.2, 0.25) is 0 Å². The summed E-state index contributed by atoms with van der Waals surface area (Å²) in [6.07, 6.45) is 4.22. The van der Waals surface area contributed by atoms with Crippen molar-refractivity contribution in [3.8, 4) is 18.2 Å². The van der Waals surface area contributed by atoms with Crippen molar-refractivity contribution < 1.29 is 14.7 Å². The molecule has 7 heteroatoms. The molecule has 96 valence electrons. The monoisotopic (exact) mass is 249 g/mol. The third-order valence-corrected chi connectivity index (χ3v) is 2.54. The van der Waals surface area contributed by atoms with Crippen molar-refractivity contribution in [1.29, 1.82) is 15.8 Å². The summed E-state index contributed by atoms with van der Waals surface area (Å²) in [5, 5.41) is 43.0. The van der Waals surface area contributed by atoms with Crippen LogP contribution in [0.1, 0.15) is 38.5 Å². The van der Waals surface area contributed by atoms with Gasteiger partial charge >= 0.3 is 7.32 Å². The van der Waals surface area contributed by atoms with Gasteiger partial charge in [0.05, 0.1) is 0 Å². The first-order valence-corrected chi connectivity index (χ1v) is 5.82. The smallest absolute Gasteiger partial charge is 0.402 e. The molecule has 0 amide bonds. The molecule has 0 unspecified atom stereocenters. The van der Waals surface area contributed by atoms with Crippen molar-refractivity contribution in [2.75, 3.05) is 6.61 Å². The van der Waals surface area contributed by atoms with Crippen molar-refractivity contribution in [1.82, 2.24) is 0 Å². The Morgan fingerprint density at radius 1 is 0.889 bits per heavy atom. The molecule has 18 heavy (non-hydrogen) atoms. The molecule has 0 fully saturated rings. The largest absolute Gasteiger partial charge is 0.633 e. The Morgan fingerprint density at radius 2 is 1.39 bits per heavy atom. The lowest BCUT2D eigenvalue weighted by molar-refractivity contribution is 0.182. The molecule has 0 saturated carbocycles. The molecule has 0 radical (unpaired) electrons. The van der Waals surface area contributed by atoms with E-state index in [0.29, 0.717) is 6.42 Å². The number of hydrogen-bond donors (Lipinski definition) is 2. The second-order valence-electron chi connectivity index (χ2n) is 3.96. The second-order valence-corrected chi connectivity index (χ2v) is 3.96. The van der Waals surface area contributed by atoms with Crippen molar-refractivity contribution in [3.05, 3.63) is 0 Å². The van der Waals surface area contributed by atoms with Crippen molar-refractivity contribution in [2.24, 2.45) is 5.41 Å². The summed E-state index contributed by atoms with van der Waals surface area (Å²) in [5.41, 5.74) is -1.51. The van der Waals surface area contributed by atoms with E-state index in [1.54, 1.807) is 18.2 Å². The van der Waals surface area contributed by atoms with Crippen LogP contribution in [0.4, 0.5) is 0 Å². The number of nitriles is 3. The van der Waals surface area contributed by atoms with Crippen LogP contribution in [-0.2, 0) is 4.65 Å². The van der Waals surface area contributed by atoms with E-state index in [9.17, 15) is 0 Å². The SMILES string of the molecule is N#CC(C#N)(C#N)CCCCCCCOB(O)O. The molecular formula is C11H16BN3O3. The molecule has 0 aromatic heterocycles. The average molecular weight is 249 g/mol. The maximum Gasteiger partial charge on any atom is 0.633 e. The topological polar surface area (TPSA) is 121 Å². The first kappa shape index (κ1) is 16.4. The van der Waals surface area contributed by atoms with Gasteiger partial charge in [0.15, 0.2) is 0 Å². The van der Waals surface area contributed by atoms with Gasteiger partial charge in [-0.15, -0.1) is 0 Å². The fourth-order valence-corrected chi connectivity index (χ4v) is 1.45. The first-order chi connectivity index (χ1) is 8.60. The fraction of sp³-hybridized carbons (Fsp3) is 0.727. The number of hydrogen-bond acceptors (Lipinski definition) is 6. The Labute approximate surface area is 107 Å². The van der Waals surface area contributed by atoms with Crippen LogP contribution in [0, 0.1) is 39.4 Å². The second kappa shape index (κ2) is 9.45. The highest BCUT2D eigenvalue weighted by atomic mass is 16.6. The third kappa shape index (κ3) is 6.88. The molecule has 0 bridgehead atoms. The van der Waals surface area contributed by atoms with Gasteiger partial charge in [-0.3, -0.25) is 0 Å². The minimum absolute atomic E-state index is 0.266. The summed E-state index contributed by atoms with van der Waals surface area (Å²) in [5.74, 6) is 0. The van der Waals surface area contributed by atoms with E-state index >= 15 is 0 Å². The molecule has 0 aliphatic heterocycles. The van der Waals surface area contributed by atoms with Crippen LogP contribution in [0.3, 0.4) is 0 Å². The van der Waals surface area contributed by atoms with Crippen molar-refractivity contribution >= 4 is 7.32 Å². The zero-order chi connectivity index (χ0) is 13.9. The van der Waals surface area contributed by atoms with Crippen molar-refractivity contribution in [3.63, 3.8) is 0 Å². The highest BCUT2D eigenvalue weighted by molar-refractivity contribution is 6.32. The van der Waals surface area contributed by atoms with Gasteiger partial charge in [0.25, 0.3) is 0 Å². The van der Waals surface area contributed by atoms with E-state index in [2.05, 4.69) is 4.65 Å². The van der Waals surface area contributed by atoms with E-state index in [1.807, 2.05) is 0 Å². The lowest BCUT2D eigenvalue weighted by atomic mass is 9.87. The van der Waals surface area contributed by atoms with Crippen molar-refractivity contribution in [2.45, 2.75) is 38.5 Å². The molecule has 0 aromatic rings. The molecule has 0 saturated heterocycles. The summed E-state index contributed by atoms with van der Waals surface area (Å²) >= 11 is 0. The molecule has 0 spiro atoms. The zero-order valence-corrected chi connectivity index (χ0v) is 10.2. The predicted molar refractivity (Wildman–Crippen MR) is 63.1 cm³/mol. The summed E-state index contributed by atoms with van der Waals surface area (Å²) in [6, 6.07) is 5.22. The minimum Gasteiger partial charge on any atom is -0.402 e. The normalized spacial score (nSPS) is 10.2. The maximum absolute atomic E-state index is 8.74. The zero-order valence-electron chi connectivity index (χ0n) is 10.2. The van der Waals surface area contributed by atoms with E-state index in [-0.39, 0.29) is 13.0 Å². The van der Waals surface area contributed by atoms with Crippen LogP contribution >= 0.6 is 0 Å². The summed E-state index contributed by atoms with van der Waals surface area (Å²) < 4.78 is 4.54. The molecular weight excluding hydrogens is 233 g/mol. The van der Waals surface area contributed by atoms with Crippen LogP contribution in [0.15, 0.2) is 0 Å². The molecule has 0 aliphatic rings. The summed E-state index contributed by atoms with van der Waals surface area (Å²) in [7, 11) is -1.72. The standard InChI is InChI=1S/C11H16BN3O3/c13-8-11(9-14,10-15)6-4-2-1-3-5-7-18-12(16)17/h16-17H,1-7H2. The van der Waals surface area contributed by atoms with E-state index in [1.165, 1.54) is 0 Å². The Hall–Kier alpha value is -1.59. The Bertz CT molecular complexity index is 318. The van der Waals surface area contributed by atoms with Crippen LogP contribution in [0.5, 0.6) is 0 Å². The minimum atomic E-state index is -1.72. The molecule has 2 N–H and O–H groups in total. The highest BCUT2D eigenvalue weighted by Gasteiger charge is 2.28. The maximum atomic E-state index is 8.74. The number of rotatable bonds is 9. The molecule has 0 heterocycles. The van der Waals surface area contributed by atoms with Gasteiger partial charge < -0.3 is 14.7 Å². The molecule has 0 rings (SSSR count). The van der Waals surface area contributed by atoms with Gasteiger partial charge in [0, 0.05) is 6.61 Å². The first-order valence-electron chi connectivity index (χ1n) is 5.82. The van der Waals surface area contributed by atoms with Crippen LogP contribution in [0.25, 0.3) is 0 Å². The predicted octanol–water partition coefficient (Wildman–Crippen LogP) is 0.870. The van der Waals surface area contributed by atoms with Gasteiger partial charge in [0.2, 0.25) is 5.41 Å². The summed E-state index contributed by atoms with van der Waals surface area (Å²) in [6.45, 7) is 0.288. The lowest BCUT2D eigenvalue weighted by Crippen LogP contribution is -2.17. The molecule has 0 atom stereocenters. The van der Waals surface area contributed by atoms with E-state index in [0.717, 1.165) is 25.7 Å².